The Morgan fingerprint density at radius 2 is 1.94 bits per heavy atom. The van der Waals surface area contributed by atoms with Crippen molar-refractivity contribution in [2.24, 2.45) is 0 Å². The van der Waals surface area contributed by atoms with Crippen LogP contribution in [0.5, 0.6) is 0 Å². The summed E-state index contributed by atoms with van der Waals surface area (Å²) in [4.78, 5) is 21.8. The smallest absolute Gasteiger partial charge is 0.342 e. The highest BCUT2D eigenvalue weighted by Gasteiger charge is 2.42. The Kier molecular flexibility index (Phi) is 5.63. The number of carboxylic acids is 1. The molecule has 0 aliphatic rings. The van der Waals surface area contributed by atoms with Gasteiger partial charge in [0, 0.05) is 6.42 Å². The molecule has 0 aliphatic heterocycles. The molecule has 0 aromatic rings. The number of carboxylic acid groups (broad SMARTS) is 1. The van der Waals surface area contributed by atoms with Gasteiger partial charge in [0.25, 0.3) is 0 Å². The van der Waals surface area contributed by atoms with E-state index in [9.17, 15) is 18.4 Å². The summed E-state index contributed by atoms with van der Waals surface area (Å²) in [5.41, 5.74) is -1.03. The number of ether oxygens (including phenoxy) is 1. The predicted molar refractivity (Wildman–Crippen MR) is 52.2 cm³/mol. The van der Waals surface area contributed by atoms with Crippen molar-refractivity contribution in [1.82, 2.24) is 0 Å². The second kappa shape index (κ2) is 6.19. The molecule has 0 saturated heterocycles. The molecule has 0 heterocycles. The maximum atomic E-state index is 13.1. The summed E-state index contributed by atoms with van der Waals surface area (Å²) in [5, 5.41) is 8.60. The maximum absolute atomic E-state index is 13.1. The van der Waals surface area contributed by atoms with Crippen molar-refractivity contribution < 1.29 is 28.2 Å². The van der Waals surface area contributed by atoms with Crippen molar-refractivity contribution in [3.63, 3.8) is 0 Å². The zero-order valence-corrected chi connectivity index (χ0v) is 9.13. The molecule has 0 amide bonds. The average molecular weight is 236 g/mol. The van der Waals surface area contributed by atoms with E-state index in [0.29, 0.717) is 6.26 Å². The predicted octanol–water partition coefficient (Wildman–Crippen LogP) is 2.00. The standard InChI is InChI=1S/C10H14F2O4/c1-3-5-10(11,12)8(13)7(9(14)15)6-16-4-2/h6H,3-5H2,1-2H3,(H,14,15). The molecule has 0 aromatic carbocycles. The van der Waals surface area contributed by atoms with Crippen molar-refractivity contribution in [3.05, 3.63) is 11.8 Å². The molecule has 0 aliphatic carbocycles. The van der Waals surface area contributed by atoms with Gasteiger partial charge in [-0.3, -0.25) is 4.79 Å². The van der Waals surface area contributed by atoms with E-state index in [1.165, 1.54) is 6.92 Å². The van der Waals surface area contributed by atoms with Gasteiger partial charge in [-0.05, 0) is 13.3 Å². The van der Waals surface area contributed by atoms with Crippen LogP contribution in [-0.2, 0) is 14.3 Å². The van der Waals surface area contributed by atoms with Gasteiger partial charge < -0.3 is 9.84 Å². The molecule has 16 heavy (non-hydrogen) atoms. The first-order valence-corrected chi connectivity index (χ1v) is 4.84. The molecule has 92 valence electrons. The van der Waals surface area contributed by atoms with Crippen LogP contribution >= 0.6 is 0 Å². The average Bonchev–Trinajstić information content (AvgIpc) is 2.17. The molecule has 6 heteroatoms. The van der Waals surface area contributed by atoms with E-state index in [1.54, 1.807) is 6.92 Å². The number of halogens is 2. The topological polar surface area (TPSA) is 63.6 Å². The minimum atomic E-state index is -3.66. The lowest BCUT2D eigenvalue weighted by Crippen LogP contribution is -2.32. The molecule has 4 nitrogen and oxygen atoms in total. The number of carbonyl (C=O) groups is 2. The molecule has 0 fully saturated rings. The number of rotatable bonds is 7. The molecule has 0 atom stereocenters. The molecular formula is C10H14F2O4. The van der Waals surface area contributed by atoms with Gasteiger partial charge in [0.15, 0.2) is 0 Å². The number of carbonyl (C=O) groups excluding carboxylic acids is 1. The summed E-state index contributed by atoms with van der Waals surface area (Å²) >= 11 is 0. The van der Waals surface area contributed by atoms with E-state index in [1.807, 2.05) is 0 Å². The van der Waals surface area contributed by atoms with E-state index in [0.717, 1.165) is 0 Å². The summed E-state index contributed by atoms with van der Waals surface area (Å²) in [5.74, 6) is -7.08. The lowest BCUT2D eigenvalue weighted by molar-refractivity contribution is -0.145. The van der Waals surface area contributed by atoms with Gasteiger partial charge in [-0.25, -0.2) is 4.79 Å². The molecule has 0 unspecified atom stereocenters. The highest BCUT2D eigenvalue weighted by Crippen LogP contribution is 2.25. The quantitative estimate of drug-likeness (QED) is 0.318. The third-order valence-corrected chi connectivity index (χ3v) is 1.74. The molecule has 0 saturated carbocycles. The van der Waals surface area contributed by atoms with E-state index in [-0.39, 0.29) is 13.0 Å². The monoisotopic (exact) mass is 236 g/mol. The Bertz CT molecular complexity index is 297. The number of hydrogen-bond acceptors (Lipinski definition) is 3. The summed E-state index contributed by atoms with van der Waals surface area (Å²) in [6.07, 6.45) is -0.0307. The Balaban J connectivity index is 4.95. The maximum Gasteiger partial charge on any atom is 0.342 e. The Labute approximate surface area is 91.9 Å². The molecule has 1 N–H and O–H groups in total. The van der Waals surface area contributed by atoms with Crippen LogP contribution in [0.2, 0.25) is 0 Å². The minimum Gasteiger partial charge on any atom is -0.500 e. The van der Waals surface area contributed by atoms with Crippen LogP contribution in [-0.4, -0.2) is 29.4 Å². The summed E-state index contributed by atoms with van der Waals surface area (Å²) in [6.45, 7) is 3.13. The number of alkyl halides is 2. The Morgan fingerprint density at radius 1 is 1.38 bits per heavy atom. The van der Waals surface area contributed by atoms with Gasteiger partial charge >= 0.3 is 11.9 Å². The highest BCUT2D eigenvalue weighted by atomic mass is 19.3. The zero-order valence-electron chi connectivity index (χ0n) is 9.13. The Morgan fingerprint density at radius 3 is 2.31 bits per heavy atom. The first-order chi connectivity index (χ1) is 7.36. The fourth-order valence-corrected chi connectivity index (χ4v) is 0.992. The molecule has 0 spiro atoms. The van der Waals surface area contributed by atoms with Crippen LogP contribution in [0.3, 0.4) is 0 Å². The van der Waals surface area contributed by atoms with Crippen molar-refractivity contribution in [1.29, 1.82) is 0 Å². The summed E-state index contributed by atoms with van der Waals surface area (Å²) in [7, 11) is 0. The highest BCUT2D eigenvalue weighted by molar-refractivity contribution is 6.19. The lowest BCUT2D eigenvalue weighted by atomic mass is 10.0. The van der Waals surface area contributed by atoms with Gasteiger partial charge in [-0.15, -0.1) is 0 Å². The molecule has 0 bridgehead atoms. The minimum absolute atomic E-state index is 0.0836. The van der Waals surface area contributed by atoms with Crippen molar-refractivity contribution in [2.75, 3.05) is 6.61 Å². The normalized spacial score (nSPS) is 12.4. The number of aliphatic carboxylic acids is 1. The summed E-state index contributed by atoms with van der Waals surface area (Å²) in [6, 6.07) is 0. The van der Waals surface area contributed by atoms with E-state index < -0.39 is 29.7 Å². The molecule has 0 rings (SSSR count). The van der Waals surface area contributed by atoms with Crippen LogP contribution in [0.4, 0.5) is 8.78 Å². The summed E-state index contributed by atoms with van der Waals surface area (Å²) < 4.78 is 30.8. The van der Waals surface area contributed by atoms with Crippen LogP contribution < -0.4 is 0 Å². The number of hydrogen-bond donors (Lipinski definition) is 1. The SMILES string of the molecule is CCCC(F)(F)C(=O)C(=COCC)C(=O)O. The third kappa shape index (κ3) is 3.96. The van der Waals surface area contributed by atoms with E-state index in [4.69, 9.17) is 5.11 Å². The van der Waals surface area contributed by atoms with Crippen LogP contribution in [0.25, 0.3) is 0 Å². The van der Waals surface area contributed by atoms with E-state index in [2.05, 4.69) is 4.74 Å². The van der Waals surface area contributed by atoms with Gasteiger partial charge in [0.1, 0.15) is 11.8 Å². The van der Waals surface area contributed by atoms with Gasteiger partial charge in [-0.2, -0.15) is 8.78 Å². The lowest BCUT2D eigenvalue weighted by Gasteiger charge is -2.13. The molecule has 0 radical (unpaired) electrons. The molecule has 0 aromatic heterocycles. The zero-order chi connectivity index (χ0) is 12.8. The van der Waals surface area contributed by atoms with Crippen LogP contribution in [0, 0.1) is 0 Å². The van der Waals surface area contributed by atoms with Crippen LogP contribution in [0.1, 0.15) is 26.7 Å². The van der Waals surface area contributed by atoms with Gasteiger partial charge in [0.2, 0.25) is 5.78 Å². The van der Waals surface area contributed by atoms with Crippen molar-refractivity contribution in [2.45, 2.75) is 32.6 Å². The van der Waals surface area contributed by atoms with Gasteiger partial charge in [0.05, 0.1) is 6.61 Å². The second-order valence-corrected chi connectivity index (χ2v) is 3.08. The molecular weight excluding hydrogens is 222 g/mol. The first kappa shape index (κ1) is 14.5. The number of ketones is 1. The van der Waals surface area contributed by atoms with Crippen LogP contribution in [0.15, 0.2) is 11.8 Å². The van der Waals surface area contributed by atoms with Gasteiger partial charge in [-0.1, -0.05) is 6.92 Å². The van der Waals surface area contributed by atoms with E-state index >= 15 is 0 Å². The number of Topliss-reactive ketones (excluding diaryl/α,β-unsaturated/α-hetero) is 1. The third-order valence-electron chi connectivity index (χ3n) is 1.74. The van der Waals surface area contributed by atoms with Crippen molar-refractivity contribution >= 4 is 11.8 Å². The Hall–Kier alpha value is -1.46. The van der Waals surface area contributed by atoms with Crippen molar-refractivity contribution in [3.8, 4) is 0 Å². The fourth-order valence-electron chi connectivity index (χ4n) is 0.992. The largest absolute Gasteiger partial charge is 0.500 e. The fraction of sp³-hybridized carbons (Fsp3) is 0.600. The second-order valence-electron chi connectivity index (χ2n) is 3.08. The first-order valence-electron chi connectivity index (χ1n) is 4.84.